The Morgan fingerprint density at radius 2 is 2.16 bits per heavy atom. The third kappa shape index (κ3) is 6.67. The van der Waals surface area contributed by atoms with Crippen molar-refractivity contribution in [2.75, 3.05) is 20.3 Å². The van der Waals surface area contributed by atoms with Crippen molar-refractivity contribution >= 4 is 23.7 Å². The Balaban J connectivity index is 2.13. The molecule has 104 valence electrons. The number of hydrogen-bond donors (Lipinski definition) is 1. The molecular weight excluding hydrogens is 270 g/mol. The van der Waals surface area contributed by atoms with Gasteiger partial charge < -0.3 is 14.8 Å². The normalized spacial score (nSPS) is 9.79. The Labute approximate surface area is 116 Å². The molecule has 0 bridgehead atoms. The van der Waals surface area contributed by atoms with Gasteiger partial charge in [0.25, 0.3) is 0 Å². The minimum atomic E-state index is -0.628. The van der Waals surface area contributed by atoms with E-state index in [-0.39, 0.29) is 13.2 Å². The number of halogens is 1. The first-order chi connectivity index (χ1) is 9.11. The van der Waals surface area contributed by atoms with E-state index in [9.17, 15) is 9.59 Å². The predicted molar refractivity (Wildman–Crippen MR) is 71.1 cm³/mol. The van der Waals surface area contributed by atoms with Crippen LogP contribution in [0.1, 0.15) is 12.0 Å². The zero-order valence-electron chi connectivity index (χ0n) is 10.6. The van der Waals surface area contributed by atoms with E-state index < -0.39 is 12.1 Å². The zero-order valence-corrected chi connectivity index (χ0v) is 11.4. The number of carbonyl (C=O) groups is 2. The molecule has 1 N–H and O–H groups in total. The lowest BCUT2D eigenvalue weighted by Gasteiger charge is -2.06. The molecule has 19 heavy (non-hydrogen) atoms. The molecule has 0 aliphatic rings. The van der Waals surface area contributed by atoms with Crippen molar-refractivity contribution < 1.29 is 19.1 Å². The summed E-state index contributed by atoms with van der Waals surface area (Å²) in [7, 11) is 1.25. The van der Waals surface area contributed by atoms with Gasteiger partial charge in [0.2, 0.25) is 0 Å². The molecule has 1 rings (SSSR count). The highest BCUT2D eigenvalue weighted by Gasteiger charge is 2.05. The topological polar surface area (TPSA) is 64.6 Å². The zero-order chi connectivity index (χ0) is 14.1. The minimum absolute atomic E-state index is 0.191. The number of ether oxygens (including phenoxy) is 2. The summed E-state index contributed by atoms with van der Waals surface area (Å²) in [6, 6.07) is 7.52. The van der Waals surface area contributed by atoms with Crippen LogP contribution in [0.4, 0.5) is 4.79 Å². The van der Waals surface area contributed by atoms with E-state index in [0.717, 1.165) is 12.0 Å². The van der Waals surface area contributed by atoms with Gasteiger partial charge in [0, 0.05) is 5.02 Å². The molecule has 0 heterocycles. The van der Waals surface area contributed by atoms with E-state index in [0.29, 0.717) is 11.4 Å². The highest BCUT2D eigenvalue weighted by atomic mass is 35.5. The lowest BCUT2D eigenvalue weighted by atomic mass is 10.1. The molecule has 0 aliphatic carbocycles. The molecule has 0 fully saturated rings. The van der Waals surface area contributed by atoms with Crippen LogP contribution < -0.4 is 5.32 Å². The second kappa shape index (κ2) is 8.37. The fraction of sp³-hybridized carbons (Fsp3) is 0.385. The molecule has 1 aromatic rings. The Bertz CT molecular complexity index is 436. The fourth-order valence-electron chi connectivity index (χ4n) is 1.40. The minimum Gasteiger partial charge on any atom is -0.468 e. The van der Waals surface area contributed by atoms with E-state index >= 15 is 0 Å². The van der Waals surface area contributed by atoms with Crippen molar-refractivity contribution in [3.63, 3.8) is 0 Å². The number of rotatable bonds is 6. The standard InChI is InChI=1S/C13H16ClNO4/c1-18-12(16)9-15-13(17)19-7-3-5-10-4-2-6-11(14)8-10/h2,4,6,8H,3,5,7,9H2,1H3,(H,15,17). The Morgan fingerprint density at radius 1 is 1.37 bits per heavy atom. The van der Waals surface area contributed by atoms with Gasteiger partial charge in [-0.05, 0) is 30.5 Å². The summed E-state index contributed by atoms with van der Waals surface area (Å²) in [4.78, 5) is 21.9. The summed E-state index contributed by atoms with van der Waals surface area (Å²) in [5, 5.41) is 2.97. The highest BCUT2D eigenvalue weighted by molar-refractivity contribution is 6.30. The Morgan fingerprint density at radius 3 is 2.84 bits per heavy atom. The van der Waals surface area contributed by atoms with Crippen LogP contribution in [-0.4, -0.2) is 32.3 Å². The van der Waals surface area contributed by atoms with Crippen LogP contribution in [0.3, 0.4) is 0 Å². The first-order valence-corrected chi connectivity index (χ1v) is 6.21. The first kappa shape index (κ1) is 15.3. The largest absolute Gasteiger partial charge is 0.468 e. The molecule has 0 aromatic heterocycles. The van der Waals surface area contributed by atoms with Crippen LogP contribution in [0.25, 0.3) is 0 Å². The molecule has 5 nitrogen and oxygen atoms in total. The summed E-state index contributed by atoms with van der Waals surface area (Å²) in [6.45, 7) is 0.0865. The smallest absolute Gasteiger partial charge is 0.407 e. The lowest BCUT2D eigenvalue weighted by molar-refractivity contribution is -0.139. The van der Waals surface area contributed by atoms with E-state index in [1.165, 1.54) is 7.11 Å². The Hall–Kier alpha value is -1.75. The van der Waals surface area contributed by atoms with Crippen molar-refractivity contribution in [3.05, 3.63) is 34.9 Å². The molecule has 6 heteroatoms. The maximum absolute atomic E-state index is 11.2. The van der Waals surface area contributed by atoms with Gasteiger partial charge in [-0.15, -0.1) is 0 Å². The molecule has 1 aromatic carbocycles. The molecule has 0 saturated heterocycles. The Kier molecular flexibility index (Phi) is 6.74. The molecular formula is C13H16ClNO4. The van der Waals surface area contributed by atoms with E-state index in [1.54, 1.807) is 0 Å². The van der Waals surface area contributed by atoms with Gasteiger partial charge in [-0.3, -0.25) is 4.79 Å². The van der Waals surface area contributed by atoms with Crippen LogP contribution in [0.15, 0.2) is 24.3 Å². The van der Waals surface area contributed by atoms with Crippen LogP contribution >= 0.6 is 11.6 Å². The number of amides is 1. The average molecular weight is 286 g/mol. The van der Waals surface area contributed by atoms with Gasteiger partial charge >= 0.3 is 12.1 Å². The van der Waals surface area contributed by atoms with Gasteiger partial charge in [-0.2, -0.15) is 0 Å². The predicted octanol–water partition coefficient (Wildman–Crippen LogP) is 2.17. The van der Waals surface area contributed by atoms with E-state index in [2.05, 4.69) is 10.1 Å². The highest BCUT2D eigenvalue weighted by Crippen LogP contribution is 2.12. The van der Waals surface area contributed by atoms with Crippen molar-refractivity contribution in [1.29, 1.82) is 0 Å². The number of nitrogens with one attached hydrogen (secondary N) is 1. The quantitative estimate of drug-likeness (QED) is 0.643. The van der Waals surface area contributed by atoms with Gasteiger partial charge in [0.15, 0.2) is 0 Å². The van der Waals surface area contributed by atoms with Crippen molar-refractivity contribution in [2.45, 2.75) is 12.8 Å². The number of carbonyl (C=O) groups excluding carboxylic acids is 2. The molecule has 0 unspecified atom stereocenters. The maximum atomic E-state index is 11.2. The van der Waals surface area contributed by atoms with Crippen LogP contribution in [0, 0.1) is 0 Å². The molecule has 0 atom stereocenters. The molecule has 1 amide bonds. The first-order valence-electron chi connectivity index (χ1n) is 5.83. The molecule has 0 radical (unpaired) electrons. The third-order valence-corrected chi connectivity index (χ3v) is 2.57. The molecule has 0 spiro atoms. The van der Waals surface area contributed by atoms with Crippen molar-refractivity contribution in [1.82, 2.24) is 5.32 Å². The summed E-state index contributed by atoms with van der Waals surface area (Å²) in [6.07, 6.45) is 0.827. The lowest BCUT2D eigenvalue weighted by Crippen LogP contribution is -2.30. The van der Waals surface area contributed by atoms with Crippen LogP contribution in [-0.2, 0) is 20.7 Å². The monoisotopic (exact) mass is 285 g/mol. The van der Waals surface area contributed by atoms with E-state index in [1.807, 2.05) is 24.3 Å². The van der Waals surface area contributed by atoms with Crippen LogP contribution in [0.2, 0.25) is 5.02 Å². The van der Waals surface area contributed by atoms with Gasteiger partial charge in [0.05, 0.1) is 13.7 Å². The number of alkyl carbamates (subject to hydrolysis) is 1. The van der Waals surface area contributed by atoms with Crippen molar-refractivity contribution in [2.24, 2.45) is 0 Å². The molecule has 0 aliphatic heterocycles. The van der Waals surface area contributed by atoms with E-state index in [4.69, 9.17) is 16.3 Å². The SMILES string of the molecule is COC(=O)CNC(=O)OCCCc1cccc(Cl)c1. The third-order valence-electron chi connectivity index (χ3n) is 2.34. The summed E-state index contributed by atoms with van der Waals surface area (Å²) in [5.41, 5.74) is 1.09. The maximum Gasteiger partial charge on any atom is 0.407 e. The summed E-state index contributed by atoms with van der Waals surface area (Å²) >= 11 is 5.85. The second-order valence-corrected chi connectivity index (χ2v) is 4.24. The fourth-order valence-corrected chi connectivity index (χ4v) is 1.61. The number of esters is 1. The number of benzene rings is 1. The number of aryl methyl sites for hydroxylation is 1. The number of hydrogen-bond acceptors (Lipinski definition) is 4. The average Bonchev–Trinajstić information content (AvgIpc) is 2.41. The van der Waals surface area contributed by atoms with Crippen molar-refractivity contribution in [3.8, 4) is 0 Å². The second-order valence-electron chi connectivity index (χ2n) is 3.80. The van der Waals surface area contributed by atoms with Gasteiger partial charge in [0.1, 0.15) is 6.54 Å². The summed E-state index contributed by atoms with van der Waals surface area (Å²) < 4.78 is 9.27. The summed E-state index contributed by atoms with van der Waals surface area (Å²) in [5.74, 6) is -0.518. The number of methoxy groups -OCH3 is 1. The van der Waals surface area contributed by atoms with Gasteiger partial charge in [-0.25, -0.2) is 4.79 Å². The van der Waals surface area contributed by atoms with Crippen LogP contribution in [0.5, 0.6) is 0 Å². The molecule has 0 saturated carbocycles. The van der Waals surface area contributed by atoms with Gasteiger partial charge in [-0.1, -0.05) is 23.7 Å².